The molecule has 0 aromatic heterocycles. The number of rotatable bonds is 4. The summed E-state index contributed by atoms with van der Waals surface area (Å²) in [4.78, 5) is 16.1. The normalized spacial score (nSPS) is 32.8. The van der Waals surface area contributed by atoms with E-state index in [1.54, 1.807) is 7.11 Å². The number of esters is 1. The summed E-state index contributed by atoms with van der Waals surface area (Å²) in [5.41, 5.74) is 5.23. The van der Waals surface area contributed by atoms with Gasteiger partial charge in [0, 0.05) is 29.0 Å². The van der Waals surface area contributed by atoms with Gasteiger partial charge in [-0.3, -0.25) is 4.79 Å². The first kappa shape index (κ1) is 22.8. The highest BCUT2D eigenvalue weighted by molar-refractivity contribution is 5.87. The molecule has 0 amide bonds. The fraction of sp³-hybridized carbons (Fsp3) is 0.424. The van der Waals surface area contributed by atoms with Gasteiger partial charge in [-0.05, 0) is 84.8 Å². The van der Waals surface area contributed by atoms with Crippen molar-refractivity contribution in [3.8, 4) is 11.5 Å². The standard InChI is InChI=1S/C33H33NO4/c1-19(20-6-7-22-14-24(36-3)10-8-21(22)13-20)31(35)38-27-11-9-23-15-26-30-32(18-34(26)2)12-4-5-28-33(30,17-32)29(23)25(27)16-37-28/h4,6-14,19,26,28,30H,5,15-18H2,1-3H3/t19?,26?,28-,30?,32?,33?/m0/s1. The second kappa shape index (κ2) is 7.71. The maximum absolute atomic E-state index is 13.5. The van der Waals surface area contributed by atoms with Crippen LogP contribution in [-0.2, 0) is 28.0 Å². The van der Waals surface area contributed by atoms with Crippen molar-refractivity contribution in [2.75, 3.05) is 20.7 Å². The number of ether oxygens (including phenoxy) is 3. The van der Waals surface area contributed by atoms with E-state index >= 15 is 0 Å². The first-order chi connectivity index (χ1) is 18.4. The summed E-state index contributed by atoms with van der Waals surface area (Å²) in [5.74, 6) is 1.47. The van der Waals surface area contributed by atoms with E-state index in [4.69, 9.17) is 14.2 Å². The molecule has 6 atom stereocenters. The average molecular weight is 508 g/mol. The Bertz CT molecular complexity index is 1540. The number of fused-ring (bicyclic) bond motifs is 2. The van der Waals surface area contributed by atoms with E-state index in [-0.39, 0.29) is 28.8 Å². The van der Waals surface area contributed by atoms with E-state index in [1.807, 2.05) is 43.3 Å². The lowest BCUT2D eigenvalue weighted by atomic mass is 9.39. The molecule has 0 radical (unpaired) electrons. The number of carbonyl (C=O) groups excluding carboxylic acids is 1. The first-order valence-corrected chi connectivity index (χ1v) is 13.9. The molecule has 2 aliphatic heterocycles. The van der Waals surface area contributed by atoms with Crippen LogP contribution in [0.3, 0.4) is 0 Å². The third-order valence-corrected chi connectivity index (χ3v) is 10.5. The Morgan fingerprint density at radius 1 is 1.13 bits per heavy atom. The van der Waals surface area contributed by atoms with Gasteiger partial charge in [-0.1, -0.05) is 42.5 Å². The molecule has 5 nitrogen and oxygen atoms in total. The van der Waals surface area contributed by atoms with Crippen LogP contribution in [0.4, 0.5) is 0 Å². The van der Waals surface area contributed by atoms with Gasteiger partial charge in [-0.2, -0.15) is 0 Å². The van der Waals surface area contributed by atoms with E-state index in [0.29, 0.717) is 24.3 Å². The van der Waals surface area contributed by atoms with Gasteiger partial charge in [0.2, 0.25) is 0 Å². The molecule has 6 aliphatic rings. The average Bonchev–Trinajstić information content (AvgIpc) is 3.02. The second-order valence-corrected chi connectivity index (χ2v) is 12.2. The molecular formula is C33H33NO4. The molecule has 2 fully saturated rings. The summed E-state index contributed by atoms with van der Waals surface area (Å²) in [6.45, 7) is 3.57. The maximum atomic E-state index is 13.5. The van der Waals surface area contributed by atoms with Crippen molar-refractivity contribution in [2.45, 2.75) is 56.3 Å². The molecule has 5 unspecified atom stereocenters. The topological polar surface area (TPSA) is 48.0 Å². The van der Waals surface area contributed by atoms with Gasteiger partial charge in [0.05, 0.1) is 25.7 Å². The van der Waals surface area contributed by atoms with Gasteiger partial charge >= 0.3 is 5.97 Å². The minimum absolute atomic E-state index is 0.0352. The van der Waals surface area contributed by atoms with E-state index in [1.165, 1.54) is 11.1 Å². The highest BCUT2D eigenvalue weighted by Gasteiger charge is 2.75. The summed E-state index contributed by atoms with van der Waals surface area (Å²) in [6.07, 6.45) is 8.28. The third-order valence-electron chi connectivity index (χ3n) is 10.5. The van der Waals surface area contributed by atoms with Crippen molar-refractivity contribution in [1.82, 2.24) is 4.90 Å². The quantitative estimate of drug-likeness (QED) is 0.264. The fourth-order valence-electron chi connectivity index (χ4n) is 8.97. The summed E-state index contributed by atoms with van der Waals surface area (Å²) >= 11 is 0. The SMILES string of the molecule is COc1ccc2cc(C(C)C(=O)Oc3ccc4c5c3CO[C@H]3CC=CC67CN(C)C(C4)C6C53C7)ccc2c1. The Morgan fingerprint density at radius 2 is 1.97 bits per heavy atom. The second-order valence-electron chi connectivity index (χ2n) is 12.2. The number of hydrogen-bond acceptors (Lipinski definition) is 5. The number of likely N-dealkylation sites (N-methyl/N-ethyl adjacent to an activating group) is 1. The van der Waals surface area contributed by atoms with Gasteiger partial charge < -0.3 is 19.1 Å². The molecule has 1 saturated carbocycles. The lowest BCUT2D eigenvalue weighted by molar-refractivity contribution is -0.141. The zero-order chi connectivity index (χ0) is 25.8. The summed E-state index contributed by atoms with van der Waals surface area (Å²) < 4.78 is 18.1. The van der Waals surface area contributed by atoms with Crippen LogP contribution >= 0.6 is 0 Å². The maximum Gasteiger partial charge on any atom is 0.318 e. The minimum Gasteiger partial charge on any atom is -0.497 e. The van der Waals surface area contributed by atoms with Crippen LogP contribution in [-0.4, -0.2) is 43.7 Å². The van der Waals surface area contributed by atoms with Crippen LogP contribution in [0.1, 0.15) is 47.9 Å². The number of likely N-dealkylation sites (tertiary alicyclic amines) is 1. The summed E-state index contributed by atoms with van der Waals surface area (Å²) in [7, 11) is 3.96. The Morgan fingerprint density at radius 3 is 2.84 bits per heavy atom. The van der Waals surface area contributed by atoms with E-state index in [2.05, 4.69) is 36.2 Å². The summed E-state index contributed by atoms with van der Waals surface area (Å²) in [6, 6.07) is 16.9. The molecule has 9 rings (SSSR count). The molecule has 194 valence electrons. The smallest absolute Gasteiger partial charge is 0.318 e. The Labute approximate surface area is 223 Å². The lowest BCUT2D eigenvalue weighted by Crippen LogP contribution is -2.68. The third kappa shape index (κ3) is 2.81. The fourth-order valence-corrected chi connectivity index (χ4v) is 8.97. The van der Waals surface area contributed by atoms with E-state index in [9.17, 15) is 4.79 Å². The lowest BCUT2D eigenvalue weighted by Gasteiger charge is -2.66. The van der Waals surface area contributed by atoms with Crippen LogP contribution < -0.4 is 9.47 Å². The molecule has 4 aliphatic carbocycles. The van der Waals surface area contributed by atoms with Crippen LogP contribution in [0.25, 0.3) is 10.8 Å². The zero-order valence-electron chi connectivity index (χ0n) is 22.2. The highest BCUT2D eigenvalue weighted by Crippen LogP contribution is 2.73. The van der Waals surface area contributed by atoms with Gasteiger partial charge in [0.25, 0.3) is 0 Å². The molecule has 38 heavy (non-hydrogen) atoms. The molecule has 2 bridgehead atoms. The monoisotopic (exact) mass is 507 g/mol. The minimum atomic E-state index is -0.383. The van der Waals surface area contributed by atoms with Crippen molar-refractivity contribution in [3.05, 3.63) is 82.9 Å². The van der Waals surface area contributed by atoms with E-state index < -0.39 is 0 Å². The van der Waals surface area contributed by atoms with Crippen molar-refractivity contribution < 1.29 is 19.0 Å². The molecule has 3 aromatic rings. The highest BCUT2D eigenvalue weighted by atomic mass is 16.5. The molecule has 1 saturated heterocycles. The predicted octanol–water partition coefficient (Wildman–Crippen LogP) is 5.53. The van der Waals surface area contributed by atoms with Crippen molar-refractivity contribution in [2.24, 2.45) is 11.3 Å². The Hall–Kier alpha value is -3.15. The molecule has 2 heterocycles. The van der Waals surface area contributed by atoms with Gasteiger partial charge in [-0.25, -0.2) is 0 Å². The van der Waals surface area contributed by atoms with Crippen molar-refractivity contribution in [1.29, 1.82) is 0 Å². The summed E-state index contributed by atoms with van der Waals surface area (Å²) in [5, 5.41) is 2.17. The van der Waals surface area contributed by atoms with E-state index in [0.717, 1.165) is 53.5 Å². The van der Waals surface area contributed by atoms with Crippen molar-refractivity contribution in [3.63, 3.8) is 0 Å². The Kier molecular flexibility index (Phi) is 4.62. The molecule has 2 spiro atoms. The number of carbonyl (C=O) groups is 1. The molecule has 0 N–H and O–H groups in total. The van der Waals surface area contributed by atoms with Crippen LogP contribution in [0.2, 0.25) is 0 Å². The number of hydrogen-bond donors (Lipinski definition) is 0. The van der Waals surface area contributed by atoms with Gasteiger partial charge in [0.1, 0.15) is 11.5 Å². The predicted molar refractivity (Wildman–Crippen MR) is 146 cm³/mol. The van der Waals surface area contributed by atoms with Crippen LogP contribution in [0.15, 0.2) is 60.7 Å². The van der Waals surface area contributed by atoms with Crippen LogP contribution in [0.5, 0.6) is 11.5 Å². The number of benzene rings is 3. The Balaban J connectivity index is 1.14. The van der Waals surface area contributed by atoms with Gasteiger partial charge in [0.15, 0.2) is 0 Å². The molecule has 3 aromatic carbocycles. The van der Waals surface area contributed by atoms with Crippen molar-refractivity contribution >= 4 is 16.7 Å². The van der Waals surface area contributed by atoms with Crippen LogP contribution in [0, 0.1) is 11.3 Å². The first-order valence-electron chi connectivity index (χ1n) is 13.9. The molecular weight excluding hydrogens is 474 g/mol. The van der Waals surface area contributed by atoms with Gasteiger partial charge in [-0.15, -0.1) is 0 Å². The number of nitrogens with zero attached hydrogens (tertiary/aromatic N) is 1. The number of methoxy groups -OCH3 is 1. The molecule has 5 heteroatoms. The largest absolute Gasteiger partial charge is 0.497 e. The zero-order valence-corrected chi connectivity index (χ0v) is 22.2.